The van der Waals surface area contributed by atoms with Crippen molar-refractivity contribution in [2.45, 2.75) is 45.2 Å². The fourth-order valence-corrected chi connectivity index (χ4v) is 2.55. The van der Waals surface area contributed by atoms with E-state index in [-0.39, 0.29) is 18.5 Å². The Balaban J connectivity index is 2.37. The van der Waals surface area contributed by atoms with Gasteiger partial charge in [0.2, 0.25) is 0 Å². The molecule has 2 atom stereocenters. The van der Waals surface area contributed by atoms with Crippen molar-refractivity contribution >= 4 is 12.0 Å². The quantitative estimate of drug-likeness (QED) is 0.755. The highest BCUT2D eigenvalue weighted by molar-refractivity contribution is 5.75. The zero-order valence-electron chi connectivity index (χ0n) is 12.1. The maximum absolute atomic E-state index is 11.9. The van der Waals surface area contributed by atoms with Crippen LogP contribution in [0, 0.1) is 0 Å². The Kier molecular flexibility index (Phi) is 6.08. The molecule has 1 rings (SSSR count). The van der Waals surface area contributed by atoms with Crippen LogP contribution in [-0.4, -0.2) is 65.7 Å². The Bertz CT molecular complexity index is 322. The zero-order valence-corrected chi connectivity index (χ0v) is 12.1. The van der Waals surface area contributed by atoms with Crippen molar-refractivity contribution in [2.75, 3.05) is 26.7 Å². The number of likely N-dealkylation sites (tertiary alicyclic amines) is 1. The third kappa shape index (κ3) is 5.06. The number of carboxylic acids is 1. The standard InChI is InChI=1S/C13H25N3O3/c1-4-16-7-5-6-11(16)9-15(3)13(19)14-10(2)8-12(17)18/h10-11H,4-9H2,1-3H3,(H,14,19)(H,17,18). The second-order valence-corrected chi connectivity index (χ2v) is 5.25. The molecular formula is C13H25N3O3. The molecule has 1 saturated heterocycles. The van der Waals surface area contributed by atoms with Crippen LogP contribution in [0.1, 0.15) is 33.1 Å². The first-order valence-corrected chi connectivity index (χ1v) is 6.91. The van der Waals surface area contributed by atoms with Crippen molar-refractivity contribution in [3.05, 3.63) is 0 Å². The number of rotatable bonds is 6. The number of hydrogen-bond donors (Lipinski definition) is 2. The van der Waals surface area contributed by atoms with Gasteiger partial charge in [0.15, 0.2) is 0 Å². The van der Waals surface area contributed by atoms with Gasteiger partial charge in [0.1, 0.15) is 0 Å². The summed E-state index contributed by atoms with van der Waals surface area (Å²) >= 11 is 0. The van der Waals surface area contributed by atoms with Crippen molar-refractivity contribution in [1.82, 2.24) is 15.1 Å². The number of nitrogens with zero attached hydrogens (tertiary/aromatic N) is 2. The van der Waals surface area contributed by atoms with Crippen LogP contribution < -0.4 is 5.32 Å². The highest BCUT2D eigenvalue weighted by Crippen LogP contribution is 2.17. The number of carbonyl (C=O) groups excluding carboxylic acids is 1. The molecule has 0 aliphatic carbocycles. The van der Waals surface area contributed by atoms with Gasteiger partial charge in [0.05, 0.1) is 6.42 Å². The van der Waals surface area contributed by atoms with Crippen LogP contribution in [0.2, 0.25) is 0 Å². The van der Waals surface area contributed by atoms with Gasteiger partial charge >= 0.3 is 12.0 Å². The molecule has 0 bridgehead atoms. The zero-order chi connectivity index (χ0) is 14.4. The molecule has 1 aliphatic heterocycles. The fourth-order valence-electron chi connectivity index (χ4n) is 2.55. The van der Waals surface area contributed by atoms with E-state index in [0.717, 1.165) is 19.5 Å². The number of hydrogen-bond acceptors (Lipinski definition) is 3. The van der Waals surface area contributed by atoms with Gasteiger partial charge in [-0.25, -0.2) is 4.79 Å². The normalized spacial score (nSPS) is 21.1. The highest BCUT2D eigenvalue weighted by atomic mass is 16.4. The summed E-state index contributed by atoms with van der Waals surface area (Å²) in [6, 6.07) is -0.120. The lowest BCUT2D eigenvalue weighted by Crippen LogP contribution is -2.47. The minimum absolute atomic E-state index is 0.0515. The highest BCUT2D eigenvalue weighted by Gasteiger charge is 2.25. The van der Waals surface area contributed by atoms with Crippen molar-refractivity contribution < 1.29 is 14.7 Å². The molecule has 6 nitrogen and oxygen atoms in total. The topological polar surface area (TPSA) is 72.9 Å². The van der Waals surface area contributed by atoms with Crippen LogP contribution in [0.25, 0.3) is 0 Å². The van der Waals surface area contributed by atoms with Gasteiger partial charge in [-0.1, -0.05) is 6.92 Å². The molecule has 6 heteroatoms. The minimum Gasteiger partial charge on any atom is -0.481 e. The molecule has 2 unspecified atom stereocenters. The summed E-state index contributed by atoms with van der Waals surface area (Å²) in [7, 11) is 1.76. The minimum atomic E-state index is -0.900. The first-order valence-electron chi connectivity index (χ1n) is 6.91. The summed E-state index contributed by atoms with van der Waals surface area (Å²) in [6.45, 7) is 6.64. The van der Waals surface area contributed by atoms with E-state index in [0.29, 0.717) is 12.6 Å². The number of aliphatic carboxylic acids is 1. The Labute approximate surface area is 114 Å². The second-order valence-electron chi connectivity index (χ2n) is 5.25. The Morgan fingerprint density at radius 2 is 2.21 bits per heavy atom. The van der Waals surface area contributed by atoms with Gasteiger partial charge in [-0.05, 0) is 32.9 Å². The fraction of sp³-hybridized carbons (Fsp3) is 0.846. The van der Waals surface area contributed by atoms with Crippen LogP contribution in [-0.2, 0) is 4.79 Å². The third-order valence-electron chi connectivity index (χ3n) is 3.59. The van der Waals surface area contributed by atoms with E-state index in [1.165, 1.54) is 6.42 Å². The summed E-state index contributed by atoms with van der Waals surface area (Å²) in [6.07, 6.45) is 2.25. The number of amides is 2. The molecule has 1 aliphatic rings. The van der Waals surface area contributed by atoms with Crippen LogP contribution >= 0.6 is 0 Å². The molecule has 2 amide bonds. The molecule has 19 heavy (non-hydrogen) atoms. The lowest BCUT2D eigenvalue weighted by Gasteiger charge is -2.28. The summed E-state index contributed by atoms with van der Waals surface area (Å²) in [5.74, 6) is -0.900. The first kappa shape index (κ1) is 15.8. The van der Waals surface area contributed by atoms with E-state index in [4.69, 9.17) is 5.11 Å². The summed E-state index contributed by atoms with van der Waals surface area (Å²) < 4.78 is 0. The Hall–Kier alpha value is -1.30. The average molecular weight is 271 g/mol. The van der Waals surface area contributed by atoms with Crippen molar-refractivity contribution in [3.63, 3.8) is 0 Å². The number of carboxylic acid groups (broad SMARTS) is 1. The van der Waals surface area contributed by atoms with Gasteiger partial charge in [-0.2, -0.15) is 0 Å². The molecule has 1 fully saturated rings. The predicted octanol–water partition coefficient (Wildman–Crippen LogP) is 0.975. The molecule has 0 aromatic carbocycles. The van der Waals surface area contributed by atoms with E-state index < -0.39 is 5.97 Å². The first-order chi connectivity index (χ1) is 8.93. The Morgan fingerprint density at radius 3 is 2.79 bits per heavy atom. The number of nitrogens with one attached hydrogen (secondary N) is 1. The van der Waals surface area contributed by atoms with E-state index >= 15 is 0 Å². The monoisotopic (exact) mass is 271 g/mol. The Morgan fingerprint density at radius 1 is 1.53 bits per heavy atom. The van der Waals surface area contributed by atoms with Gasteiger partial charge < -0.3 is 15.3 Å². The van der Waals surface area contributed by atoms with Crippen LogP contribution in [0.5, 0.6) is 0 Å². The second kappa shape index (κ2) is 7.33. The molecule has 0 aromatic heterocycles. The number of likely N-dealkylation sites (N-methyl/N-ethyl adjacent to an activating group) is 2. The lowest BCUT2D eigenvalue weighted by molar-refractivity contribution is -0.137. The molecule has 0 saturated carbocycles. The van der Waals surface area contributed by atoms with Crippen molar-refractivity contribution in [2.24, 2.45) is 0 Å². The van der Waals surface area contributed by atoms with Crippen LogP contribution in [0.3, 0.4) is 0 Å². The summed E-state index contributed by atoms with van der Waals surface area (Å²) in [5.41, 5.74) is 0. The van der Waals surface area contributed by atoms with E-state index in [9.17, 15) is 9.59 Å². The molecule has 1 heterocycles. The van der Waals surface area contributed by atoms with Crippen molar-refractivity contribution in [1.29, 1.82) is 0 Å². The lowest BCUT2D eigenvalue weighted by atomic mass is 10.2. The van der Waals surface area contributed by atoms with Crippen molar-refractivity contribution in [3.8, 4) is 0 Å². The SMILES string of the molecule is CCN1CCCC1CN(C)C(=O)NC(C)CC(=O)O. The van der Waals surface area contributed by atoms with Gasteiger partial charge in [-0.15, -0.1) is 0 Å². The maximum Gasteiger partial charge on any atom is 0.317 e. The predicted molar refractivity (Wildman–Crippen MR) is 73.1 cm³/mol. The van der Waals surface area contributed by atoms with Crippen LogP contribution in [0.15, 0.2) is 0 Å². The van der Waals surface area contributed by atoms with Gasteiger partial charge in [0.25, 0.3) is 0 Å². The number of carbonyl (C=O) groups is 2. The van der Waals surface area contributed by atoms with E-state index in [2.05, 4.69) is 17.1 Å². The molecule has 0 aromatic rings. The van der Waals surface area contributed by atoms with E-state index in [1.54, 1.807) is 18.9 Å². The summed E-state index contributed by atoms with van der Waals surface area (Å²) in [5, 5.41) is 11.4. The van der Waals surface area contributed by atoms with E-state index in [1.807, 2.05) is 0 Å². The number of urea groups is 1. The van der Waals surface area contributed by atoms with Gasteiger partial charge in [-0.3, -0.25) is 9.69 Å². The molecular weight excluding hydrogens is 246 g/mol. The van der Waals surface area contributed by atoms with Gasteiger partial charge in [0, 0.05) is 25.7 Å². The third-order valence-corrected chi connectivity index (χ3v) is 3.59. The maximum atomic E-state index is 11.9. The summed E-state index contributed by atoms with van der Waals surface area (Å²) in [4.78, 5) is 26.5. The average Bonchev–Trinajstić information content (AvgIpc) is 2.74. The smallest absolute Gasteiger partial charge is 0.317 e. The molecule has 0 radical (unpaired) electrons. The van der Waals surface area contributed by atoms with Crippen LogP contribution in [0.4, 0.5) is 4.79 Å². The largest absolute Gasteiger partial charge is 0.481 e. The molecule has 2 N–H and O–H groups in total. The molecule has 110 valence electrons. The molecule has 0 spiro atoms.